The van der Waals surface area contributed by atoms with Gasteiger partial charge >= 0.3 is 0 Å². The van der Waals surface area contributed by atoms with Crippen molar-refractivity contribution < 1.29 is 4.39 Å². The summed E-state index contributed by atoms with van der Waals surface area (Å²) >= 11 is 0. The van der Waals surface area contributed by atoms with E-state index in [0.717, 1.165) is 56.2 Å². The summed E-state index contributed by atoms with van der Waals surface area (Å²) in [5.41, 5.74) is 2.22. The van der Waals surface area contributed by atoms with Crippen molar-refractivity contribution in [1.82, 2.24) is 20.1 Å². The molecule has 0 radical (unpaired) electrons. The van der Waals surface area contributed by atoms with Gasteiger partial charge < -0.3 is 9.80 Å². The van der Waals surface area contributed by atoms with Gasteiger partial charge in [-0.25, -0.2) is 9.37 Å². The predicted molar refractivity (Wildman–Crippen MR) is 101 cm³/mol. The van der Waals surface area contributed by atoms with Crippen LogP contribution in [0.5, 0.6) is 0 Å². The van der Waals surface area contributed by atoms with E-state index in [1.165, 1.54) is 18.5 Å². The van der Waals surface area contributed by atoms with E-state index in [1.807, 2.05) is 19.9 Å². The quantitative estimate of drug-likeness (QED) is 0.914. The molecule has 0 bridgehead atoms. The molecule has 26 heavy (non-hydrogen) atoms. The highest BCUT2D eigenvalue weighted by Crippen LogP contribution is 2.30. The third-order valence-corrected chi connectivity index (χ3v) is 5.99. The Hall–Kier alpha value is -1.95. The van der Waals surface area contributed by atoms with Crippen LogP contribution in [0.15, 0.2) is 18.2 Å². The number of likely N-dealkylation sites (tertiary alicyclic amines) is 1. The summed E-state index contributed by atoms with van der Waals surface area (Å²) < 4.78 is 13.3. The maximum atomic E-state index is 13.3. The first kappa shape index (κ1) is 17.5. The first-order valence-corrected chi connectivity index (χ1v) is 9.74. The van der Waals surface area contributed by atoms with Gasteiger partial charge in [0, 0.05) is 30.7 Å². The number of aryl methyl sites for hydroxylation is 2. The standard InChI is InChI=1S/C20H28FN5/c1-14-13-17(21)3-4-19(14)26-11-7-18(8-12-26)25-9-5-16(6-10-25)20-22-15(2)23-24-20/h3-4,13,16,18H,5-12H2,1-2H3,(H,22,23,24). The van der Waals surface area contributed by atoms with Crippen LogP contribution < -0.4 is 4.90 Å². The molecule has 0 amide bonds. The van der Waals surface area contributed by atoms with Crippen LogP contribution >= 0.6 is 0 Å². The molecule has 2 saturated heterocycles. The van der Waals surface area contributed by atoms with Crippen molar-refractivity contribution in [1.29, 1.82) is 0 Å². The zero-order valence-corrected chi connectivity index (χ0v) is 15.7. The third-order valence-electron chi connectivity index (χ3n) is 5.99. The maximum Gasteiger partial charge on any atom is 0.153 e. The number of hydrogen-bond donors (Lipinski definition) is 1. The minimum absolute atomic E-state index is 0.148. The summed E-state index contributed by atoms with van der Waals surface area (Å²) in [6.07, 6.45) is 4.66. The molecule has 3 heterocycles. The summed E-state index contributed by atoms with van der Waals surface area (Å²) in [7, 11) is 0. The number of nitrogens with one attached hydrogen (secondary N) is 1. The lowest BCUT2D eigenvalue weighted by Gasteiger charge is -2.42. The Balaban J connectivity index is 1.30. The Morgan fingerprint density at radius 3 is 2.38 bits per heavy atom. The van der Waals surface area contributed by atoms with Gasteiger partial charge in [0.1, 0.15) is 11.6 Å². The number of nitrogens with zero attached hydrogens (tertiary/aromatic N) is 4. The molecule has 1 aromatic heterocycles. The van der Waals surface area contributed by atoms with Crippen LogP contribution in [0, 0.1) is 19.7 Å². The van der Waals surface area contributed by atoms with E-state index in [2.05, 4.69) is 25.0 Å². The van der Waals surface area contributed by atoms with Crippen LogP contribution in [0.2, 0.25) is 0 Å². The average molecular weight is 357 g/mol. The highest BCUT2D eigenvalue weighted by atomic mass is 19.1. The second-order valence-corrected chi connectivity index (χ2v) is 7.74. The van der Waals surface area contributed by atoms with Crippen molar-refractivity contribution in [3.63, 3.8) is 0 Å². The van der Waals surface area contributed by atoms with Gasteiger partial charge in [-0.3, -0.25) is 5.10 Å². The Kier molecular flexibility index (Phi) is 4.94. The summed E-state index contributed by atoms with van der Waals surface area (Å²) in [5.74, 6) is 2.25. The number of hydrogen-bond acceptors (Lipinski definition) is 4. The van der Waals surface area contributed by atoms with E-state index in [1.54, 1.807) is 12.1 Å². The van der Waals surface area contributed by atoms with Gasteiger partial charge in [-0.15, -0.1) is 0 Å². The molecule has 0 atom stereocenters. The molecule has 2 aromatic rings. The minimum Gasteiger partial charge on any atom is -0.371 e. The Bertz CT molecular complexity index is 742. The number of H-pyrrole nitrogens is 1. The maximum absolute atomic E-state index is 13.3. The summed E-state index contributed by atoms with van der Waals surface area (Å²) in [6, 6.07) is 5.80. The SMILES string of the molecule is Cc1nc(C2CCN(C3CCN(c4ccc(F)cc4C)CC3)CC2)n[nH]1. The van der Waals surface area contributed by atoms with E-state index < -0.39 is 0 Å². The second kappa shape index (κ2) is 7.35. The summed E-state index contributed by atoms with van der Waals surface area (Å²) in [6.45, 7) is 8.34. The fraction of sp³-hybridized carbons (Fsp3) is 0.600. The van der Waals surface area contributed by atoms with Crippen LogP contribution in [0.1, 0.15) is 48.8 Å². The second-order valence-electron chi connectivity index (χ2n) is 7.74. The summed E-state index contributed by atoms with van der Waals surface area (Å²) in [5, 5.41) is 7.31. The molecule has 2 aliphatic rings. The van der Waals surface area contributed by atoms with Crippen LogP contribution in [0.25, 0.3) is 0 Å². The smallest absolute Gasteiger partial charge is 0.153 e. The fourth-order valence-corrected chi connectivity index (χ4v) is 4.51. The molecule has 1 aromatic carbocycles. The number of piperidine rings is 2. The fourth-order valence-electron chi connectivity index (χ4n) is 4.51. The lowest BCUT2D eigenvalue weighted by atomic mass is 9.93. The number of aromatic amines is 1. The zero-order chi connectivity index (χ0) is 18.1. The van der Waals surface area contributed by atoms with Gasteiger partial charge in [0.15, 0.2) is 5.82 Å². The molecule has 6 heteroatoms. The molecule has 0 aliphatic carbocycles. The van der Waals surface area contributed by atoms with E-state index in [-0.39, 0.29) is 5.82 Å². The van der Waals surface area contributed by atoms with Crippen LogP contribution in [0.4, 0.5) is 10.1 Å². The van der Waals surface area contributed by atoms with Crippen molar-refractivity contribution in [3.05, 3.63) is 41.2 Å². The number of halogens is 1. The van der Waals surface area contributed by atoms with Crippen molar-refractivity contribution in [2.75, 3.05) is 31.1 Å². The highest BCUT2D eigenvalue weighted by Gasteiger charge is 2.30. The largest absolute Gasteiger partial charge is 0.371 e. The molecule has 0 unspecified atom stereocenters. The van der Waals surface area contributed by atoms with Gasteiger partial charge in [0.2, 0.25) is 0 Å². The molecular formula is C20H28FN5. The van der Waals surface area contributed by atoms with E-state index >= 15 is 0 Å². The zero-order valence-electron chi connectivity index (χ0n) is 15.7. The van der Waals surface area contributed by atoms with Crippen LogP contribution in [0.3, 0.4) is 0 Å². The van der Waals surface area contributed by atoms with Crippen molar-refractivity contribution in [2.45, 2.75) is 51.5 Å². The van der Waals surface area contributed by atoms with Crippen molar-refractivity contribution in [2.24, 2.45) is 0 Å². The van der Waals surface area contributed by atoms with Crippen LogP contribution in [-0.2, 0) is 0 Å². The third kappa shape index (κ3) is 3.61. The lowest BCUT2D eigenvalue weighted by Crippen LogP contribution is -2.47. The average Bonchev–Trinajstić information content (AvgIpc) is 3.09. The van der Waals surface area contributed by atoms with Gasteiger partial charge in [-0.05, 0) is 76.4 Å². The molecule has 140 valence electrons. The predicted octanol–water partition coefficient (Wildman–Crippen LogP) is 3.41. The molecule has 2 fully saturated rings. The molecule has 0 saturated carbocycles. The number of benzene rings is 1. The number of anilines is 1. The van der Waals surface area contributed by atoms with Gasteiger partial charge in [0.05, 0.1) is 0 Å². The minimum atomic E-state index is -0.148. The van der Waals surface area contributed by atoms with Gasteiger partial charge in [0.25, 0.3) is 0 Å². The van der Waals surface area contributed by atoms with E-state index in [0.29, 0.717) is 12.0 Å². The first-order chi connectivity index (χ1) is 12.6. The first-order valence-electron chi connectivity index (χ1n) is 9.74. The molecule has 4 rings (SSSR count). The van der Waals surface area contributed by atoms with Crippen LogP contribution in [-0.4, -0.2) is 52.3 Å². The number of aromatic nitrogens is 3. The Morgan fingerprint density at radius 1 is 1.04 bits per heavy atom. The highest BCUT2D eigenvalue weighted by molar-refractivity contribution is 5.53. The molecule has 0 spiro atoms. The Morgan fingerprint density at radius 2 is 1.77 bits per heavy atom. The Labute approximate surface area is 154 Å². The molecular weight excluding hydrogens is 329 g/mol. The van der Waals surface area contributed by atoms with Gasteiger partial charge in [-0.2, -0.15) is 5.10 Å². The normalized spacial score (nSPS) is 20.7. The van der Waals surface area contributed by atoms with E-state index in [9.17, 15) is 4.39 Å². The monoisotopic (exact) mass is 357 g/mol. The van der Waals surface area contributed by atoms with Crippen molar-refractivity contribution in [3.8, 4) is 0 Å². The van der Waals surface area contributed by atoms with Gasteiger partial charge in [-0.1, -0.05) is 0 Å². The van der Waals surface area contributed by atoms with Crippen molar-refractivity contribution >= 4 is 5.69 Å². The summed E-state index contributed by atoms with van der Waals surface area (Å²) in [4.78, 5) is 9.58. The lowest BCUT2D eigenvalue weighted by molar-refractivity contribution is 0.130. The topological polar surface area (TPSA) is 48.1 Å². The molecule has 5 nitrogen and oxygen atoms in total. The van der Waals surface area contributed by atoms with E-state index in [4.69, 9.17) is 0 Å². The molecule has 2 aliphatic heterocycles. The number of rotatable bonds is 3. The molecule has 1 N–H and O–H groups in total.